The van der Waals surface area contributed by atoms with Crippen LogP contribution in [0.15, 0.2) is 60.4 Å². The van der Waals surface area contributed by atoms with Crippen molar-refractivity contribution in [2.75, 3.05) is 20.3 Å². The molecule has 9 heteroatoms. The van der Waals surface area contributed by atoms with Crippen molar-refractivity contribution in [3.05, 3.63) is 77.3 Å². The van der Waals surface area contributed by atoms with Gasteiger partial charge in [-0.2, -0.15) is 0 Å². The van der Waals surface area contributed by atoms with E-state index in [1.165, 1.54) is 7.11 Å². The molecule has 1 aliphatic rings. The van der Waals surface area contributed by atoms with Crippen molar-refractivity contribution in [1.29, 1.82) is 0 Å². The van der Waals surface area contributed by atoms with Crippen molar-refractivity contribution in [2.24, 2.45) is 5.92 Å². The summed E-state index contributed by atoms with van der Waals surface area (Å²) in [5, 5.41) is 12.3. The molecule has 3 N–H and O–H groups in total. The fourth-order valence-corrected chi connectivity index (χ4v) is 4.44. The van der Waals surface area contributed by atoms with Crippen molar-refractivity contribution < 1.29 is 28.9 Å². The number of aromatic amines is 1. The van der Waals surface area contributed by atoms with Crippen LogP contribution in [0.2, 0.25) is 0 Å². The Morgan fingerprint density at radius 2 is 1.94 bits per heavy atom. The van der Waals surface area contributed by atoms with E-state index in [0.717, 1.165) is 16.6 Å². The predicted octanol–water partition coefficient (Wildman–Crippen LogP) is 3.41. The van der Waals surface area contributed by atoms with E-state index in [4.69, 9.17) is 14.2 Å². The summed E-state index contributed by atoms with van der Waals surface area (Å²) in [6, 6.07) is 14.7. The molecule has 0 unspecified atom stereocenters. The SMILES string of the molecule is CCO[C@H]1OC(C(=O)NCc2nc3ccccc3[nH]2)=C[C@@H](c2ccc(C(=O)OC)cc2)[C@H]1CCCO. The highest BCUT2D eigenvalue weighted by Gasteiger charge is 2.37. The van der Waals surface area contributed by atoms with Crippen molar-refractivity contribution >= 4 is 22.9 Å². The van der Waals surface area contributed by atoms with Gasteiger partial charge in [-0.25, -0.2) is 9.78 Å². The molecule has 0 bridgehead atoms. The van der Waals surface area contributed by atoms with Gasteiger partial charge in [0.15, 0.2) is 5.76 Å². The van der Waals surface area contributed by atoms with Gasteiger partial charge in [0.05, 0.1) is 30.3 Å². The lowest BCUT2D eigenvalue weighted by atomic mass is 9.80. The Labute approximate surface area is 209 Å². The molecule has 190 valence electrons. The quantitative estimate of drug-likeness (QED) is 0.370. The molecule has 1 aromatic heterocycles. The number of H-pyrrole nitrogens is 1. The summed E-state index contributed by atoms with van der Waals surface area (Å²) in [7, 11) is 1.34. The topological polar surface area (TPSA) is 123 Å². The number of aliphatic hydroxyl groups excluding tert-OH is 1. The number of imidazole rings is 1. The number of rotatable bonds is 10. The van der Waals surface area contributed by atoms with Crippen LogP contribution in [0.4, 0.5) is 0 Å². The average Bonchev–Trinajstić information content (AvgIpc) is 3.33. The Hall–Kier alpha value is -3.69. The van der Waals surface area contributed by atoms with Gasteiger partial charge in [-0.15, -0.1) is 0 Å². The molecular weight excluding hydrogens is 462 g/mol. The molecule has 0 spiro atoms. The van der Waals surface area contributed by atoms with Crippen LogP contribution < -0.4 is 5.32 Å². The number of methoxy groups -OCH3 is 1. The summed E-state index contributed by atoms with van der Waals surface area (Å²) < 4.78 is 16.7. The average molecular weight is 494 g/mol. The molecule has 36 heavy (non-hydrogen) atoms. The first-order valence-electron chi connectivity index (χ1n) is 12.0. The third-order valence-corrected chi connectivity index (χ3v) is 6.21. The van der Waals surface area contributed by atoms with Gasteiger partial charge in [0.1, 0.15) is 5.82 Å². The third kappa shape index (κ3) is 5.75. The van der Waals surface area contributed by atoms with Crippen LogP contribution in [0.5, 0.6) is 0 Å². The van der Waals surface area contributed by atoms with Gasteiger partial charge in [-0.3, -0.25) is 4.79 Å². The first-order chi connectivity index (χ1) is 17.5. The number of fused-ring (bicyclic) bond motifs is 1. The van der Waals surface area contributed by atoms with Crippen LogP contribution in [0.1, 0.15) is 47.4 Å². The molecule has 1 amide bonds. The molecule has 4 rings (SSSR count). The summed E-state index contributed by atoms with van der Waals surface area (Å²) in [4.78, 5) is 32.7. The molecule has 3 atom stereocenters. The van der Waals surface area contributed by atoms with E-state index in [-0.39, 0.29) is 36.7 Å². The van der Waals surface area contributed by atoms with E-state index in [2.05, 4.69) is 15.3 Å². The first-order valence-corrected chi connectivity index (χ1v) is 12.0. The zero-order valence-electron chi connectivity index (χ0n) is 20.4. The monoisotopic (exact) mass is 493 g/mol. The van der Waals surface area contributed by atoms with Crippen LogP contribution >= 0.6 is 0 Å². The number of hydrogen-bond donors (Lipinski definition) is 3. The van der Waals surface area contributed by atoms with E-state index < -0.39 is 12.3 Å². The van der Waals surface area contributed by atoms with Gasteiger partial charge in [-0.05, 0) is 55.7 Å². The number of aliphatic hydroxyl groups is 1. The number of esters is 1. The number of ether oxygens (including phenoxy) is 3. The standard InChI is InChI=1S/C27H31N3O6/c1-3-35-27-19(7-6-14-31)20(17-10-12-18(13-11-17)26(33)34-2)15-23(36-27)25(32)28-16-24-29-21-8-4-5-9-22(21)30-24/h4-5,8-13,15,19-20,27,31H,3,6-7,14,16H2,1-2H3,(H,28,32)(H,29,30)/t19-,20+,27+/m1/s1. The molecule has 0 aliphatic carbocycles. The van der Waals surface area contributed by atoms with Crippen LogP contribution in [0, 0.1) is 5.92 Å². The molecular formula is C27H31N3O6. The molecule has 1 aliphatic heterocycles. The number of hydrogen-bond acceptors (Lipinski definition) is 7. The van der Waals surface area contributed by atoms with E-state index in [1.807, 2.05) is 43.3 Å². The van der Waals surface area contributed by atoms with Gasteiger partial charge in [0.2, 0.25) is 6.29 Å². The predicted molar refractivity (Wildman–Crippen MR) is 133 cm³/mol. The normalized spacial score (nSPS) is 19.4. The fourth-order valence-electron chi connectivity index (χ4n) is 4.44. The van der Waals surface area contributed by atoms with Crippen LogP contribution in [-0.4, -0.2) is 53.6 Å². The van der Waals surface area contributed by atoms with Crippen molar-refractivity contribution in [1.82, 2.24) is 15.3 Å². The Balaban J connectivity index is 1.58. The van der Waals surface area contributed by atoms with Crippen molar-refractivity contribution in [2.45, 2.75) is 38.5 Å². The highest BCUT2D eigenvalue weighted by Crippen LogP contribution is 2.39. The highest BCUT2D eigenvalue weighted by molar-refractivity contribution is 5.92. The minimum atomic E-state index is -0.663. The molecule has 9 nitrogen and oxygen atoms in total. The number of carbonyl (C=O) groups is 2. The van der Waals surface area contributed by atoms with E-state index in [1.54, 1.807) is 18.2 Å². The zero-order valence-corrected chi connectivity index (χ0v) is 20.4. The Morgan fingerprint density at radius 1 is 1.17 bits per heavy atom. The first kappa shape index (κ1) is 25.4. The van der Waals surface area contributed by atoms with Gasteiger partial charge in [0, 0.05) is 25.0 Å². The lowest BCUT2D eigenvalue weighted by Gasteiger charge is -2.37. The molecule has 3 aromatic rings. The Kier molecular flexibility index (Phi) is 8.35. The van der Waals surface area contributed by atoms with Gasteiger partial charge >= 0.3 is 5.97 Å². The fraction of sp³-hybridized carbons (Fsp3) is 0.370. The van der Waals surface area contributed by atoms with Crippen LogP contribution in [0.3, 0.4) is 0 Å². The molecule has 0 saturated heterocycles. The molecule has 0 radical (unpaired) electrons. The summed E-state index contributed by atoms with van der Waals surface area (Å²) in [6.45, 7) is 2.52. The lowest BCUT2D eigenvalue weighted by molar-refractivity contribution is -0.166. The highest BCUT2D eigenvalue weighted by atomic mass is 16.7. The number of para-hydroxylation sites is 2. The summed E-state index contributed by atoms with van der Waals surface area (Å²) in [5.74, 6) is -0.353. The second-order valence-corrected chi connectivity index (χ2v) is 8.52. The largest absolute Gasteiger partial charge is 0.465 e. The Bertz CT molecular complexity index is 1190. The summed E-state index contributed by atoms with van der Waals surface area (Å²) >= 11 is 0. The molecule has 2 heterocycles. The third-order valence-electron chi connectivity index (χ3n) is 6.21. The smallest absolute Gasteiger partial charge is 0.337 e. The second-order valence-electron chi connectivity index (χ2n) is 8.52. The number of carbonyl (C=O) groups excluding carboxylic acids is 2. The maximum Gasteiger partial charge on any atom is 0.337 e. The molecule has 0 saturated carbocycles. The van der Waals surface area contributed by atoms with Gasteiger partial charge in [-0.1, -0.05) is 24.3 Å². The minimum absolute atomic E-state index is 0.0396. The minimum Gasteiger partial charge on any atom is -0.465 e. The number of allylic oxidation sites excluding steroid dienone is 1. The van der Waals surface area contributed by atoms with Gasteiger partial charge < -0.3 is 29.6 Å². The van der Waals surface area contributed by atoms with E-state index in [9.17, 15) is 14.7 Å². The van der Waals surface area contributed by atoms with Crippen LogP contribution in [-0.2, 0) is 25.5 Å². The van der Waals surface area contributed by atoms with E-state index >= 15 is 0 Å². The van der Waals surface area contributed by atoms with Crippen molar-refractivity contribution in [3.63, 3.8) is 0 Å². The van der Waals surface area contributed by atoms with Crippen molar-refractivity contribution in [3.8, 4) is 0 Å². The number of amides is 1. The molecule has 2 aromatic carbocycles. The number of nitrogens with one attached hydrogen (secondary N) is 2. The number of aromatic nitrogens is 2. The summed E-state index contributed by atoms with van der Waals surface area (Å²) in [5.41, 5.74) is 3.07. The lowest BCUT2D eigenvalue weighted by Crippen LogP contribution is -2.39. The van der Waals surface area contributed by atoms with Gasteiger partial charge in [0.25, 0.3) is 5.91 Å². The van der Waals surface area contributed by atoms with Crippen LogP contribution in [0.25, 0.3) is 11.0 Å². The zero-order chi connectivity index (χ0) is 25.5. The number of benzene rings is 2. The maximum atomic E-state index is 13.1. The molecule has 0 fully saturated rings. The maximum absolute atomic E-state index is 13.1. The van der Waals surface area contributed by atoms with E-state index in [0.29, 0.717) is 30.8 Å². The second kappa shape index (κ2) is 11.8. The Morgan fingerprint density at radius 3 is 2.64 bits per heavy atom. The summed E-state index contributed by atoms with van der Waals surface area (Å²) in [6.07, 6.45) is 2.33. The number of nitrogens with zero attached hydrogens (tertiary/aromatic N) is 1.